The molecule has 34 heavy (non-hydrogen) atoms. The number of aliphatic hydroxyl groups excluding tert-OH is 4. The first-order chi connectivity index (χ1) is 16.2. The normalized spacial score (nSPS) is 24.5. The zero-order chi connectivity index (χ0) is 25.0. The molecular weight excluding hydrogens is 444 g/mol. The maximum Gasteiger partial charge on any atom is 0.229 e. The Morgan fingerprint density at radius 2 is 1.82 bits per heavy atom. The van der Waals surface area contributed by atoms with Gasteiger partial charge in [-0.1, -0.05) is 18.7 Å². The fourth-order valence-corrected chi connectivity index (χ4v) is 3.87. The Morgan fingerprint density at radius 3 is 2.47 bits per heavy atom. The van der Waals surface area contributed by atoms with E-state index in [0.29, 0.717) is 17.7 Å². The molecule has 1 aliphatic rings. The molecule has 184 valence electrons. The van der Waals surface area contributed by atoms with Crippen LogP contribution in [0.4, 0.5) is 0 Å². The van der Waals surface area contributed by atoms with Gasteiger partial charge in [-0.15, -0.1) is 0 Å². The van der Waals surface area contributed by atoms with Crippen molar-refractivity contribution in [3.8, 4) is 17.2 Å². The van der Waals surface area contributed by atoms with Crippen LogP contribution in [0, 0.1) is 13.8 Å². The second-order valence-electron chi connectivity index (χ2n) is 8.28. The molecule has 9 heteroatoms. The van der Waals surface area contributed by atoms with Crippen LogP contribution in [0.3, 0.4) is 0 Å². The van der Waals surface area contributed by atoms with Gasteiger partial charge < -0.3 is 39.7 Å². The van der Waals surface area contributed by atoms with Crippen molar-refractivity contribution < 1.29 is 44.5 Å². The highest BCUT2D eigenvalue weighted by atomic mass is 16.7. The van der Waals surface area contributed by atoms with E-state index in [2.05, 4.69) is 6.58 Å². The van der Waals surface area contributed by atoms with E-state index in [1.54, 1.807) is 13.0 Å². The number of benzene rings is 2. The van der Waals surface area contributed by atoms with Gasteiger partial charge in [0.2, 0.25) is 6.29 Å². The minimum atomic E-state index is -1.65. The molecule has 9 nitrogen and oxygen atoms in total. The molecule has 0 saturated carbocycles. The average Bonchev–Trinajstić information content (AvgIpc) is 2.79. The van der Waals surface area contributed by atoms with Crippen LogP contribution in [0.5, 0.6) is 17.2 Å². The summed E-state index contributed by atoms with van der Waals surface area (Å²) in [6, 6.07) is 8.43. The van der Waals surface area contributed by atoms with E-state index in [1.807, 2.05) is 19.1 Å². The summed E-state index contributed by atoms with van der Waals surface area (Å²) >= 11 is 0. The Bertz CT molecular complexity index is 1030. The molecule has 2 aromatic carbocycles. The van der Waals surface area contributed by atoms with Crippen LogP contribution in [0.1, 0.15) is 33.5 Å². The molecule has 1 saturated heterocycles. The molecule has 0 aromatic heterocycles. The lowest BCUT2D eigenvalue weighted by Gasteiger charge is -2.39. The second kappa shape index (κ2) is 11.0. The topological polar surface area (TPSA) is 146 Å². The number of aromatic hydroxyl groups is 1. The van der Waals surface area contributed by atoms with E-state index in [1.165, 1.54) is 18.4 Å². The lowest BCUT2D eigenvalue weighted by atomic mass is 9.98. The quantitative estimate of drug-likeness (QED) is 0.270. The predicted octanol–water partition coefficient (Wildman–Crippen LogP) is 1.53. The third-order valence-corrected chi connectivity index (χ3v) is 5.69. The largest absolute Gasteiger partial charge is 0.507 e. The summed E-state index contributed by atoms with van der Waals surface area (Å²) in [5.74, 6) is -0.0779. The fraction of sp³-hybridized carbons (Fsp3) is 0.400. The lowest BCUT2D eigenvalue weighted by molar-refractivity contribution is -0.277. The van der Waals surface area contributed by atoms with E-state index >= 15 is 0 Å². The molecule has 0 radical (unpaired) electrons. The van der Waals surface area contributed by atoms with E-state index in [4.69, 9.17) is 14.2 Å². The van der Waals surface area contributed by atoms with Gasteiger partial charge in [-0.2, -0.15) is 0 Å². The molecule has 1 fully saturated rings. The van der Waals surface area contributed by atoms with Crippen LogP contribution in [0.15, 0.2) is 43.2 Å². The van der Waals surface area contributed by atoms with Gasteiger partial charge in [-0.05, 0) is 55.2 Å². The van der Waals surface area contributed by atoms with E-state index < -0.39 is 43.1 Å². The number of hydrogen-bond donors (Lipinski definition) is 5. The van der Waals surface area contributed by atoms with Crippen LogP contribution >= 0.6 is 0 Å². The average molecular weight is 475 g/mol. The summed E-state index contributed by atoms with van der Waals surface area (Å²) in [5, 5.41) is 50.2. The van der Waals surface area contributed by atoms with E-state index in [9.17, 15) is 30.3 Å². The number of aliphatic hydroxyl groups is 4. The first kappa shape index (κ1) is 25.7. The highest BCUT2D eigenvalue weighted by Gasteiger charge is 2.45. The van der Waals surface area contributed by atoms with Gasteiger partial charge in [-0.25, -0.2) is 0 Å². The van der Waals surface area contributed by atoms with Crippen LogP contribution in [0.2, 0.25) is 0 Å². The van der Waals surface area contributed by atoms with E-state index in [-0.39, 0.29) is 23.5 Å². The summed E-state index contributed by atoms with van der Waals surface area (Å²) in [6.45, 7) is 6.48. The Balaban J connectivity index is 1.80. The number of aryl methyl sites for hydroxylation is 3. The summed E-state index contributed by atoms with van der Waals surface area (Å²) in [7, 11) is 0. The maximum absolute atomic E-state index is 13.1. The van der Waals surface area contributed by atoms with Crippen molar-refractivity contribution in [1.29, 1.82) is 0 Å². The first-order valence-electron chi connectivity index (χ1n) is 10.9. The van der Waals surface area contributed by atoms with Crippen molar-refractivity contribution in [3.05, 3.63) is 65.4 Å². The monoisotopic (exact) mass is 474 g/mol. The fourth-order valence-electron chi connectivity index (χ4n) is 3.87. The number of ether oxygens (including phenoxy) is 3. The van der Waals surface area contributed by atoms with Crippen molar-refractivity contribution in [3.63, 3.8) is 0 Å². The van der Waals surface area contributed by atoms with Crippen LogP contribution in [-0.2, 0) is 11.2 Å². The smallest absolute Gasteiger partial charge is 0.229 e. The maximum atomic E-state index is 13.1. The first-order valence-corrected chi connectivity index (χ1v) is 10.9. The molecule has 2 aromatic rings. The zero-order valence-corrected chi connectivity index (χ0v) is 19.0. The summed E-state index contributed by atoms with van der Waals surface area (Å²) in [5.41, 5.74) is 2.27. The molecule has 1 aliphatic heterocycles. The van der Waals surface area contributed by atoms with Crippen LogP contribution in [-0.4, -0.2) is 68.6 Å². The van der Waals surface area contributed by atoms with Gasteiger partial charge in [0.15, 0.2) is 5.78 Å². The molecule has 1 heterocycles. The third kappa shape index (κ3) is 5.57. The standard InChI is InChI=1S/C25H30O9/c1-4-32-18-8-6-15(11-14(18)3)5-7-16(27)21-17(28)9-13(2)10-19(21)33-25-24(31)23(30)22(29)20(12-26)34-25/h4,6,8-11,20,22-26,28-31H,1,5,7,12H2,2-3H3. The minimum Gasteiger partial charge on any atom is -0.507 e. The number of carbonyl (C=O) groups is 1. The molecule has 0 bridgehead atoms. The van der Waals surface area contributed by atoms with Crippen LogP contribution in [0.25, 0.3) is 0 Å². The number of phenolic OH excluding ortho intramolecular Hbond substituents is 1. The number of ketones is 1. The second-order valence-corrected chi connectivity index (χ2v) is 8.28. The minimum absolute atomic E-state index is 0.0438. The number of carbonyl (C=O) groups excluding carboxylic acids is 1. The predicted molar refractivity (Wildman–Crippen MR) is 122 cm³/mol. The Hall–Kier alpha value is -2.95. The summed E-state index contributed by atoms with van der Waals surface area (Å²) < 4.78 is 16.4. The molecule has 0 aliphatic carbocycles. The van der Waals surface area contributed by atoms with Gasteiger partial charge in [0.05, 0.1) is 12.9 Å². The Morgan fingerprint density at radius 1 is 1.09 bits per heavy atom. The zero-order valence-electron chi connectivity index (χ0n) is 19.0. The SMILES string of the molecule is C=COc1ccc(CCC(=O)c2c(O)cc(C)cc2OC2OC(CO)C(O)C(O)C2O)cc1C. The van der Waals surface area contributed by atoms with E-state index in [0.717, 1.165) is 11.1 Å². The number of Topliss-reactive ketones (excluding diaryl/α,β-unsaturated/α-hetero) is 1. The Labute approximate surface area is 197 Å². The van der Waals surface area contributed by atoms with Gasteiger partial charge in [0, 0.05) is 6.42 Å². The molecule has 5 N–H and O–H groups in total. The summed E-state index contributed by atoms with van der Waals surface area (Å²) in [4.78, 5) is 13.1. The van der Waals surface area contributed by atoms with Crippen molar-refractivity contribution >= 4 is 5.78 Å². The van der Waals surface area contributed by atoms with Gasteiger partial charge in [-0.3, -0.25) is 4.79 Å². The van der Waals surface area contributed by atoms with Gasteiger partial charge >= 0.3 is 0 Å². The van der Waals surface area contributed by atoms with Gasteiger partial charge in [0.1, 0.15) is 47.2 Å². The van der Waals surface area contributed by atoms with Crippen molar-refractivity contribution in [2.24, 2.45) is 0 Å². The highest BCUT2D eigenvalue weighted by Crippen LogP contribution is 2.34. The molecular formula is C25H30O9. The van der Waals surface area contributed by atoms with Crippen molar-refractivity contribution in [2.75, 3.05) is 6.61 Å². The molecule has 0 spiro atoms. The highest BCUT2D eigenvalue weighted by molar-refractivity contribution is 6.01. The molecule has 5 atom stereocenters. The van der Waals surface area contributed by atoms with Crippen molar-refractivity contribution in [2.45, 2.75) is 57.4 Å². The lowest BCUT2D eigenvalue weighted by Crippen LogP contribution is -2.60. The van der Waals surface area contributed by atoms with Crippen molar-refractivity contribution in [1.82, 2.24) is 0 Å². The third-order valence-electron chi connectivity index (χ3n) is 5.69. The summed E-state index contributed by atoms with van der Waals surface area (Å²) in [6.07, 6.45) is -5.70. The molecule has 5 unspecified atom stereocenters. The number of hydrogen-bond acceptors (Lipinski definition) is 9. The number of phenols is 1. The van der Waals surface area contributed by atoms with Gasteiger partial charge in [0.25, 0.3) is 0 Å². The molecule has 3 rings (SSSR count). The Kier molecular flexibility index (Phi) is 8.29. The molecule has 0 amide bonds. The van der Waals surface area contributed by atoms with Crippen LogP contribution < -0.4 is 9.47 Å². The number of rotatable bonds is 9.